The quantitative estimate of drug-likeness (QED) is 0.284. The van der Waals surface area contributed by atoms with Crippen molar-refractivity contribution in [1.82, 2.24) is 0 Å². The van der Waals surface area contributed by atoms with E-state index in [2.05, 4.69) is 0 Å². The number of carbonyl (C=O) groups excluding carboxylic acids is 4. The lowest BCUT2D eigenvalue weighted by Crippen LogP contribution is -2.35. The minimum absolute atomic E-state index is 0.00339. The van der Waals surface area contributed by atoms with Gasteiger partial charge >= 0.3 is 5.97 Å². The number of carbonyl (C=O) groups is 4. The van der Waals surface area contributed by atoms with E-state index >= 15 is 0 Å². The summed E-state index contributed by atoms with van der Waals surface area (Å²) in [6.07, 6.45) is 0.100. The van der Waals surface area contributed by atoms with Crippen molar-refractivity contribution in [2.75, 3.05) is 23.0 Å². The third-order valence-corrected chi connectivity index (χ3v) is 6.62. The lowest BCUT2D eigenvalue weighted by atomic mass is 10.1. The van der Waals surface area contributed by atoms with Crippen LogP contribution in [0.1, 0.15) is 48.6 Å². The molecule has 0 saturated heterocycles. The topological polar surface area (TPSA) is 108 Å². The molecule has 0 saturated carbocycles. The van der Waals surface area contributed by atoms with E-state index in [1.54, 1.807) is 0 Å². The van der Waals surface area contributed by atoms with E-state index in [9.17, 15) is 19.2 Å². The number of fused-ring (bicyclic) bond motifs is 1. The van der Waals surface area contributed by atoms with Crippen LogP contribution in [-0.4, -0.2) is 36.8 Å². The van der Waals surface area contributed by atoms with Crippen LogP contribution in [0.3, 0.4) is 0 Å². The number of anilines is 2. The zero-order valence-corrected chi connectivity index (χ0v) is 22.0. The van der Waals surface area contributed by atoms with Gasteiger partial charge in [-0.1, -0.05) is 29.3 Å². The van der Waals surface area contributed by atoms with E-state index in [-0.39, 0.29) is 45.4 Å². The summed E-state index contributed by atoms with van der Waals surface area (Å²) in [5.41, 5.74) is 2.87. The number of hydrogen-bond acceptors (Lipinski definition) is 6. The molecule has 4 rings (SSSR count). The number of aryl methyl sites for hydroxylation is 2. The van der Waals surface area contributed by atoms with Crippen molar-refractivity contribution in [3.63, 3.8) is 0 Å². The first kappa shape index (κ1) is 26.9. The van der Waals surface area contributed by atoms with Gasteiger partial charge in [0, 0.05) is 12.2 Å². The van der Waals surface area contributed by atoms with E-state index in [1.807, 2.05) is 38.1 Å². The molecule has 0 spiro atoms. The maximum atomic E-state index is 13.0. The average Bonchev–Trinajstić information content (AvgIpc) is 3.13. The SMILES string of the molecule is Cc1cc(C)cc(N(CCC#N)C(=O)COC(=O)c2ccc3c(c2)C(=O)N(c2ccc(Cl)c(Cl)c2)C3=O)c1. The van der Waals surface area contributed by atoms with Crippen molar-refractivity contribution < 1.29 is 23.9 Å². The number of imide groups is 1. The molecule has 1 aliphatic rings. The molecule has 1 aliphatic heterocycles. The minimum Gasteiger partial charge on any atom is -0.452 e. The molecule has 0 aliphatic carbocycles. The van der Waals surface area contributed by atoms with Crippen LogP contribution in [0.4, 0.5) is 11.4 Å². The molecule has 3 aromatic rings. The number of hydrogen-bond donors (Lipinski definition) is 0. The Morgan fingerprint density at radius 2 is 1.61 bits per heavy atom. The third-order valence-electron chi connectivity index (χ3n) is 5.88. The second-order valence-corrected chi connectivity index (χ2v) is 9.49. The van der Waals surface area contributed by atoms with Gasteiger partial charge in [0.05, 0.1) is 44.9 Å². The molecule has 0 unspecified atom stereocenters. The number of benzene rings is 3. The van der Waals surface area contributed by atoms with Crippen LogP contribution in [0.25, 0.3) is 0 Å². The highest BCUT2D eigenvalue weighted by Gasteiger charge is 2.37. The zero-order chi connectivity index (χ0) is 27.6. The Bertz CT molecular complexity index is 1510. The molecule has 0 N–H and O–H groups in total. The smallest absolute Gasteiger partial charge is 0.338 e. The fraction of sp³-hybridized carbons (Fsp3) is 0.179. The monoisotopic (exact) mass is 549 g/mol. The Morgan fingerprint density at radius 3 is 2.26 bits per heavy atom. The summed E-state index contributed by atoms with van der Waals surface area (Å²) in [4.78, 5) is 54.0. The summed E-state index contributed by atoms with van der Waals surface area (Å²) in [6, 6.07) is 15.9. The summed E-state index contributed by atoms with van der Waals surface area (Å²) in [7, 11) is 0. The molecule has 38 heavy (non-hydrogen) atoms. The summed E-state index contributed by atoms with van der Waals surface area (Å²) in [6.45, 7) is 3.35. The van der Waals surface area contributed by atoms with Crippen LogP contribution in [0.2, 0.25) is 10.0 Å². The first-order valence-corrected chi connectivity index (χ1v) is 12.3. The average molecular weight is 550 g/mol. The molecule has 192 valence electrons. The Balaban J connectivity index is 1.50. The summed E-state index contributed by atoms with van der Waals surface area (Å²) < 4.78 is 5.24. The molecular formula is C28H21Cl2N3O5. The van der Waals surface area contributed by atoms with Gasteiger partial charge in [-0.25, -0.2) is 9.69 Å². The second-order valence-electron chi connectivity index (χ2n) is 8.68. The highest BCUT2D eigenvalue weighted by Crippen LogP contribution is 2.33. The number of rotatable bonds is 7. The first-order chi connectivity index (χ1) is 18.1. The Labute approximate surface area is 228 Å². The first-order valence-electron chi connectivity index (χ1n) is 11.5. The van der Waals surface area contributed by atoms with Gasteiger partial charge in [-0.3, -0.25) is 14.4 Å². The van der Waals surface area contributed by atoms with Gasteiger partial charge in [0.15, 0.2) is 6.61 Å². The molecule has 0 atom stereocenters. The van der Waals surface area contributed by atoms with Crippen molar-refractivity contribution in [3.8, 4) is 6.07 Å². The van der Waals surface area contributed by atoms with Gasteiger partial charge < -0.3 is 9.64 Å². The number of ether oxygens (including phenoxy) is 1. The molecule has 0 bridgehead atoms. The van der Waals surface area contributed by atoms with E-state index in [0.717, 1.165) is 16.0 Å². The van der Waals surface area contributed by atoms with Gasteiger partial charge in [0.1, 0.15) is 0 Å². The van der Waals surface area contributed by atoms with Gasteiger partial charge in [-0.05, 0) is 73.5 Å². The van der Waals surface area contributed by atoms with Crippen molar-refractivity contribution >= 4 is 58.3 Å². The van der Waals surface area contributed by atoms with Crippen LogP contribution in [0, 0.1) is 25.2 Å². The van der Waals surface area contributed by atoms with Gasteiger partial charge in [0.2, 0.25) is 0 Å². The van der Waals surface area contributed by atoms with E-state index in [0.29, 0.717) is 5.69 Å². The molecule has 10 heteroatoms. The predicted octanol–water partition coefficient (Wildman–Crippen LogP) is 5.51. The highest BCUT2D eigenvalue weighted by atomic mass is 35.5. The summed E-state index contributed by atoms with van der Waals surface area (Å²) in [5, 5.41) is 9.47. The second kappa shape index (κ2) is 11.1. The van der Waals surface area contributed by atoms with E-state index in [1.165, 1.54) is 41.3 Å². The van der Waals surface area contributed by atoms with Gasteiger partial charge in [-0.2, -0.15) is 5.26 Å². The van der Waals surface area contributed by atoms with Gasteiger partial charge in [-0.15, -0.1) is 0 Å². The van der Waals surface area contributed by atoms with Crippen molar-refractivity contribution in [3.05, 3.63) is 92.5 Å². The number of halogens is 2. The molecule has 8 nitrogen and oxygen atoms in total. The Kier molecular flexibility index (Phi) is 7.81. The van der Waals surface area contributed by atoms with Crippen molar-refractivity contribution in [2.45, 2.75) is 20.3 Å². The molecule has 0 fully saturated rings. The largest absolute Gasteiger partial charge is 0.452 e. The van der Waals surface area contributed by atoms with E-state index in [4.69, 9.17) is 33.2 Å². The molecule has 1 heterocycles. The number of esters is 1. The van der Waals surface area contributed by atoms with Crippen LogP contribution >= 0.6 is 23.2 Å². The highest BCUT2D eigenvalue weighted by molar-refractivity contribution is 6.42. The zero-order valence-electron chi connectivity index (χ0n) is 20.5. The molecule has 0 aromatic heterocycles. The van der Waals surface area contributed by atoms with Crippen LogP contribution in [-0.2, 0) is 9.53 Å². The van der Waals surface area contributed by atoms with Crippen molar-refractivity contribution in [2.24, 2.45) is 0 Å². The Morgan fingerprint density at radius 1 is 0.921 bits per heavy atom. The molecule has 3 amide bonds. The predicted molar refractivity (Wildman–Crippen MR) is 143 cm³/mol. The summed E-state index contributed by atoms with van der Waals surface area (Å²) >= 11 is 12.0. The molecule has 3 aromatic carbocycles. The standard InChI is InChI=1S/C28H21Cl2N3O5/c1-16-10-17(2)12-20(11-16)32(9-3-8-31)25(34)15-38-28(37)18-4-6-21-22(13-18)27(36)33(26(21)35)19-5-7-23(29)24(30)14-19/h4-7,10-14H,3,9,15H2,1-2H3. The number of amides is 3. The number of nitrogens with zero attached hydrogens (tertiary/aromatic N) is 3. The number of nitriles is 1. The van der Waals surface area contributed by atoms with Gasteiger partial charge in [0.25, 0.3) is 17.7 Å². The van der Waals surface area contributed by atoms with E-state index < -0.39 is 30.3 Å². The van der Waals surface area contributed by atoms with Crippen molar-refractivity contribution in [1.29, 1.82) is 5.26 Å². The van der Waals surface area contributed by atoms with Crippen LogP contribution in [0.5, 0.6) is 0 Å². The normalized spacial score (nSPS) is 12.2. The maximum absolute atomic E-state index is 13.0. The van der Waals surface area contributed by atoms with Crippen LogP contribution < -0.4 is 9.80 Å². The lowest BCUT2D eigenvalue weighted by molar-refractivity contribution is -0.121. The fourth-order valence-electron chi connectivity index (χ4n) is 4.18. The summed E-state index contributed by atoms with van der Waals surface area (Å²) in [5.74, 6) is -2.54. The maximum Gasteiger partial charge on any atom is 0.338 e. The minimum atomic E-state index is -0.838. The fourth-order valence-corrected chi connectivity index (χ4v) is 4.47. The van der Waals surface area contributed by atoms with Crippen LogP contribution in [0.15, 0.2) is 54.6 Å². The molecular weight excluding hydrogens is 529 g/mol. The molecule has 0 radical (unpaired) electrons. The third kappa shape index (κ3) is 5.40. The lowest BCUT2D eigenvalue weighted by Gasteiger charge is -2.22. The Hall–Kier alpha value is -4.19.